The van der Waals surface area contributed by atoms with Gasteiger partial charge >= 0.3 is 0 Å². The Hall–Kier alpha value is -3.42. The molecule has 6 rings (SSSR count). The van der Waals surface area contributed by atoms with Crippen LogP contribution in [-0.4, -0.2) is 9.52 Å². The van der Waals surface area contributed by atoms with Crippen molar-refractivity contribution in [3.05, 3.63) is 128 Å². The van der Waals surface area contributed by atoms with Crippen LogP contribution in [0.15, 0.2) is 83.2 Å². The van der Waals surface area contributed by atoms with Crippen LogP contribution in [0.4, 0.5) is 0 Å². The van der Waals surface area contributed by atoms with E-state index in [0.29, 0.717) is 5.92 Å². The first-order valence-corrected chi connectivity index (χ1v) is 15.0. The maximum atomic E-state index is 2.56. The van der Waals surface area contributed by atoms with Crippen LogP contribution in [0.3, 0.4) is 0 Å². The summed E-state index contributed by atoms with van der Waals surface area (Å²) >= 11 is 0. The predicted molar refractivity (Wildman–Crippen MR) is 166 cm³/mol. The number of fused-ring (bicyclic) bond motifs is 2. The number of hydrogen-bond donors (Lipinski definition) is 0. The largest absolute Gasteiger partial charge is 0.111 e. The maximum Gasteiger partial charge on any atom is 0.111 e. The molecule has 0 aliphatic heterocycles. The lowest BCUT2D eigenvalue weighted by atomic mass is 9.90. The summed E-state index contributed by atoms with van der Waals surface area (Å²) in [7, 11) is 0.742. The quantitative estimate of drug-likeness (QED) is 0.227. The fourth-order valence-corrected chi connectivity index (χ4v) is 7.91. The van der Waals surface area contributed by atoms with Crippen molar-refractivity contribution < 1.29 is 0 Å². The summed E-state index contributed by atoms with van der Waals surface area (Å²) in [5.74, 6) is 0.529. The average molecular weight is 509 g/mol. The summed E-state index contributed by atoms with van der Waals surface area (Å²) < 4.78 is 0. The second kappa shape index (κ2) is 10.0. The molecule has 1 unspecified atom stereocenters. The third kappa shape index (κ3) is 4.44. The number of hydrogen-bond acceptors (Lipinski definition) is 0. The number of aryl methyl sites for hydroxylation is 4. The van der Waals surface area contributed by atoms with Crippen molar-refractivity contribution in [2.24, 2.45) is 0 Å². The lowest BCUT2D eigenvalue weighted by molar-refractivity contribution is 0.716. The molecule has 0 spiro atoms. The average Bonchev–Trinajstić information content (AvgIpc) is 3.48. The molecule has 0 saturated heterocycles. The molecule has 4 aromatic rings. The van der Waals surface area contributed by atoms with Crippen molar-refractivity contribution in [1.82, 2.24) is 0 Å². The molecular weight excluding hydrogens is 472 g/mol. The van der Waals surface area contributed by atoms with Crippen LogP contribution >= 0.6 is 0 Å². The first-order chi connectivity index (χ1) is 18.4. The first kappa shape index (κ1) is 24.9. The fraction of sp³-hybridized carbons (Fsp3) is 0.243. The fourth-order valence-electron chi connectivity index (χ4n) is 6.35. The van der Waals surface area contributed by atoms with Gasteiger partial charge in [-0.1, -0.05) is 120 Å². The molecule has 0 bridgehead atoms. The van der Waals surface area contributed by atoms with Crippen molar-refractivity contribution in [3.63, 3.8) is 0 Å². The summed E-state index contributed by atoms with van der Waals surface area (Å²) in [5.41, 5.74) is 16.8. The van der Waals surface area contributed by atoms with E-state index in [9.17, 15) is 0 Å². The molecule has 0 N–H and O–H groups in total. The van der Waals surface area contributed by atoms with Gasteiger partial charge in [-0.25, -0.2) is 0 Å². The number of allylic oxidation sites excluding steroid dienone is 2. The Bertz CT molecular complexity index is 1610. The highest BCUT2D eigenvalue weighted by Crippen LogP contribution is 2.45. The molecule has 4 aromatic carbocycles. The van der Waals surface area contributed by atoms with Gasteiger partial charge in [0.05, 0.1) is 0 Å². The summed E-state index contributed by atoms with van der Waals surface area (Å²) in [6, 6.07) is 27.6. The third-order valence-corrected chi connectivity index (χ3v) is 9.76. The molecule has 188 valence electrons. The topological polar surface area (TPSA) is 0 Å². The summed E-state index contributed by atoms with van der Waals surface area (Å²) in [5, 5.41) is 3.19. The summed E-state index contributed by atoms with van der Waals surface area (Å²) in [6.45, 7) is 11.2. The smallest absolute Gasteiger partial charge is 0.0748 e. The molecule has 38 heavy (non-hydrogen) atoms. The zero-order chi connectivity index (χ0) is 26.4. The van der Waals surface area contributed by atoms with Gasteiger partial charge < -0.3 is 0 Å². The zero-order valence-electron chi connectivity index (χ0n) is 23.3. The Labute approximate surface area is 231 Å². The minimum atomic E-state index is 0.529. The van der Waals surface area contributed by atoms with E-state index in [1.807, 2.05) is 0 Å². The molecule has 0 aromatic heterocycles. The minimum absolute atomic E-state index is 0.529. The van der Waals surface area contributed by atoms with E-state index < -0.39 is 0 Å². The van der Waals surface area contributed by atoms with E-state index in [4.69, 9.17) is 0 Å². The highest BCUT2D eigenvalue weighted by Gasteiger charge is 2.29. The normalized spacial score (nSPS) is 15.8. The second-order valence-corrected chi connectivity index (χ2v) is 12.7. The summed E-state index contributed by atoms with van der Waals surface area (Å²) in [6.07, 6.45) is 8.57. The zero-order valence-corrected chi connectivity index (χ0v) is 24.3. The molecule has 0 saturated carbocycles. The predicted octanol–water partition coefficient (Wildman–Crippen LogP) is 9.79. The van der Waals surface area contributed by atoms with E-state index in [2.05, 4.69) is 120 Å². The van der Waals surface area contributed by atoms with Crippen LogP contribution in [0.2, 0.25) is 0 Å². The third-order valence-electron chi connectivity index (χ3n) is 8.34. The van der Waals surface area contributed by atoms with Gasteiger partial charge in [-0.3, -0.25) is 0 Å². The molecule has 2 radical (unpaired) electrons. The lowest BCUT2D eigenvalue weighted by Gasteiger charge is -2.17. The van der Waals surface area contributed by atoms with Crippen LogP contribution in [0.1, 0.15) is 70.2 Å². The Morgan fingerprint density at radius 1 is 0.684 bits per heavy atom. The second-order valence-electron chi connectivity index (χ2n) is 11.2. The van der Waals surface area contributed by atoms with E-state index >= 15 is 0 Å². The summed E-state index contributed by atoms with van der Waals surface area (Å²) in [4.78, 5) is 0. The van der Waals surface area contributed by atoms with E-state index in [-0.39, 0.29) is 0 Å². The molecule has 1 atom stereocenters. The lowest BCUT2D eigenvalue weighted by Crippen LogP contribution is -2.08. The van der Waals surface area contributed by atoms with Crippen LogP contribution in [-0.2, 0) is 6.42 Å². The van der Waals surface area contributed by atoms with Crippen LogP contribution in [0.5, 0.6) is 0 Å². The molecule has 2 aliphatic rings. The first-order valence-electron chi connectivity index (χ1n) is 14.0. The van der Waals surface area contributed by atoms with Crippen molar-refractivity contribution in [1.29, 1.82) is 0 Å². The van der Waals surface area contributed by atoms with Crippen LogP contribution in [0, 0.1) is 27.7 Å². The van der Waals surface area contributed by atoms with Crippen LogP contribution < -0.4 is 0 Å². The highest BCUT2D eigenvalue weighted by atomic mass is 28.2. The Morgan fingerprint density at radius 3 is 1.97 bits per heavy atom. The van der Waals surface area contributed by atoms with Gasteiger partial charge in [-0.05, 0) is 96.2 Å². The van der Waals surface area contributed by atoms with E-state index in [0.717, 1.165) is 15.9 Å². The number of benzene rings is 4. The van der Waals surface area contributed by atoms with E-state index in [1.165, 1.54) is 79.6 Å². The van der Waals surface area contributed by atoms with Crippen molar-refractivity contribution >= 4 is 21.7 Å². The van der Waals surface area contributed by atoms with Gasteiger partial charge in [0.2, 0.25) is 0 Å². The van der Waals surface area contributed by atoms with Gasteiger partial charge in [0.1, 0.15) is 9.52 Å². The monoisotopic (exact) mass is 508 g/mol. The van der Waals surface area contributed by atoms with Gasteiger partial charge in [0, 0.05) is 5.92 Å². The maximum absolute atomic E-state index is 2.56. The molecule has 2 aliphatic carbocycles. The molecular formula is C37H36Si. The SMILES string of the molecule is CCCC1C([Si]C2=Cc3c(cccc3-c3cc(C)ccc3C)C2)=Cc2c(-c3cc(C)ccc3C)cccc21. The molecule has 0 amide bonds. The molecule has 0 heterocycles. The number of rotatable bonds is 6. The van der Waals surface area contributed by atoms with Gasteiger partial charge in [0.15, 0.2) is 0 Å². The van der Waals surface area contributed by atoms with Gasteiger partial charge in [-0.2, -0.15) is 0 Å². The molecule has 0 fully saturated rings. The van der Waals surface area contributed by atoms with E-state index in [1.54, 1.807) is 10.4 Å². The van der Waals surface area contributed by atoms with Crippen molar-refractivity contribution in [2.45, 2.75) is 59.8 Å². The Morgan fingerprint density at radius 2 is 1.32 bits per heavy atom. The molecule has 0 nitrogen and oxygen atoms in total. The van der Waals surface area contributed by atoms with Gasteiger partial charge in [0.25, 0.3) is 0 Å². The highest BCUT2D eigenvalue weighted by molar-refractivity contribution is 6.57. The standard InChI is InChI=1S/C37H36Si/c1-6-9-32-29-12-8-13-31(34-19-24(3)15-17-26(34)5)36(29)22-37(32)38-28-20-27-10-7-11-30(35(27)21-28)33-18-23(2)14-16-25(33)4/h7-8,10-19,21-22,32H,6,9,20H2,1-5H3. The minimum Gasteiger partial charge on any atom is -0.0748 e. The van der Waals surface area contributed by atoms with Crippen molar-refractivity contribution in [3.8, 4) is 22.3 Å². The Kier molecular flexibility index (Phi) is 6.58. The Balaban J connectivity index is 1.38. The molecule has 1 heteroatoms. The van der Waals surface area contributed by atoms with Crippen molar-refractivity contribution in [2.75, 3.05) is 0 Å². The van der Waals surface area contributed by atoms with Crippen LogP contribution in [0.25, 0.3) is 34.4 Å². The van der Waals surface area contributed by atoms with Gasteiger partial charge in [-0.15, -0.1) is 0 Å².